The highest BCUT2D eigenvalue weighted by atomic mass is 16.5. The van der Waals surface area contributed by atoms with Gasteiger partial charge in [-0.2, -0.15) is 0 Å². The summed E-state index contributed by atoms with van der Waals surface area (Å²) < 4.78 is 5.92. The molecule has 268 valence electrons. The van der Waals surface area contributed by atoms with Gasteiger partial charge in [0.15, 0.2) is 6.23 Å². The number of nitrogens with zero attached hydrogens (tertiary/aromatic N) is 1. The minimum absolute atomic E-state index is 0.00602. The number of hydrogen-bond donors (Lipinski definition) is 4. The molecule has 1 amide bonds. The molecule has 45 heavy (non-hydrogen) atoms. The zero-order valence-electron chi connectivity index (χ0n) is 29.8. The number of nitrogens with two attached hydrogens (primary N) is 1. The molecule has 0 aromatic heterocycles. The normalized spacial score (nSPS) is 21.8. The topological polar surface area (TPSA) is 116 Å². The molecule has 0 aliphatic carbocycles. The Hall–Kier alpha value is -0.730. The summed E-state index contributed by atoms with van der Waals surface area (Å²) in [6.45, 7) is 4.62. The number of unbranched alkanes of at least 4 members (excludes halogenated alkanes) is 25. The average molecular weight is 641 g/mol. The third-order valence-electron chi connectivity index (χ3n) is 9.82. The lowest BCUT2D eigenvalue weighted by Crippen LogP contribution is -2.67. The smallest absolute Gasteiger partial charge is 0.224 e. The summed E-state index contributed by atoms with van der Waals surface area (Å²) in [5.41, 5.74) is 6.28. The second-order valence-corrected chi connectivity index (χ2v) is 14.0. The van der Waals surface area contributed by atoms with E-state index in [1.165, 1.54) is 135 Å². The summed E-state index contributed by atoms with van der Waals surface area (Å²) >= 11 is 0. The fraction of sp³-hybridized carbons (Fsp3) is 0.974. The first kappa shape index (κ1) is 42.3. The Bertz CT molecular complexity index is 664. The van der Waals surface area contributed by atoms with Gasteiger partial charge in [-0.25, -0.2) is 0 Å². The van der Waals surface area contributed by atoms with E-state index in [2.05, 4.69) is 13.8 Å². The van der Waals surface area contributed by atoms with Gasteiger partial charge in [0.1, 0.15) is 18.3 Å². The van der Waals surface area contributed by atoms with E-state index in [1.54, 1.807) is 4.90 Å². The fourth-order valence-corrected chi connectivity index (χ4v) is 6.71. The molecule has 1 rings (SSSR count). The molecule has 0 saturated carbocycles. The molecule has 0 aromatic carbocycles. The average Bonchev–Trinajstić information content (AvgIpc) is 3.04. The Labute approximate surface area is 278 Å². The Morgan fingerprint density at radius 3 is 1.31 bits per heavy atom. The van der Waals surface area contributed by atoms with Gasteiger partial charge in [-0.3, -0.25) is 4.79 Å². The summed E-state index contributed by atoms with van der Waals surface area (Å²) in [7, 11) is 0. The monoisotopic (exact) mass is 641 g/mol. The second kappa shape index (κ2) is 29.4. The van der Waals surface area contributed by atoms with Crippen molar-refractivity contribution in [3.05, 3.63) is 0 Å². The maximum atomic E-state index is 13.4. The predicted molar refractivity (Wildman–Crippen MR) is 188 cm³/mol. The van der Waals surface area contributed by atoms with E-state index in [-0.39, 0.29) is 5.91 Å². The fourth-order valence-electron chi connectivity index (χ4n) is 6.71. The second-order valence-electron chi connectivity index (χ2n) is 14.0. The maximum absolute atomic E-state index is 13.4. The van der Waals surface area contributed by atoms with Crippen molar-refractivity contribution in [1.82, 2.24) is 4.90 Å². The van der Waals surface area contributed by atoms with Gasteiger partial charge in [-0.05, 0) is 12.8 Å². The molecule has 0 radical (unpaired) electrons. The molecule has 1 heterocycles. The van der Waals surface area contributed by atoms with Crippen LogP contribution >= 0.6 is 0 Å². The molecule has 1 aliphatic rings. The molecule has 5 atom stereocenters. The van der Waals surface area contributed by atoms with E-state index in [0.29, 0.717) is 13.0 Å². The molecular weight excluding hydrogens is 564 g/mol. The molecule has 0 aromatic rings. The van der Waals surface area contributed by atoms with Crippen molar-refractivity contribution in [1.29, 1.82) is 0 Å². The van der Waals surface area contributed by atoms with Gasteiger partial charge in [0.2, 0.25) is 5.91 Å². The Kier molecular flexibility index (Phi) is 27.6. The van der Waals surface area contributed by atoms with Crippen molar-refractivity contribution in [2.75, 3.05) is 13.2 Å². The van der Waals surface area contributed by atoms with E-state index in [0.717, 1.165) is 38.5 Å². The number of hydrogen-bond acceptors (Lipinski definition) is 6. The van der Waals surface area contributed by atoms with Gasteiger partial charge >= 0.3 is 0 Å². The van der Waals surface area contributed by atoms with Crippen LogP contribution in [0.15, 0.2) is 0 Å². The van der Waals surface area contributed by atoms with Crippen LogP contribution < -0.4 is 5.73 Å². The highest BCUT2D eigenvalue weighted by molar-refractivity contribution is 5.76. The van der Waals surface area contributed by atoms with Crippen LogP contribution in [0.4, 0.5) is 0 Å². The number of aliphatic hydroxyl groups is 3. The predicted octanol–water partition coefficient (Wildman–Crippen LogP) is 8.54. The van der Waals surface area contributed by atoms with Crippen LogP contribution in [0.25, 0.3) is 0 Å². The first-order valence-electron chi connectivity index (χ1n) is 19.6. The van der Waals surface area contributed by atoms with Crippen LogP contribution in [0.3, 0.4) is 0 Å². The van der Waals surface area contributed by atoms with E-state index in [9.17, 15) is 20.1 Å². The lowest BCUT2D eigenvalue weighted by molar-refractivity contribution is -0.226. The van der Waals surface area contributed by atoms with Gasteiger partial charge in [0.05, 0.1) is 12.6 Å². The van der Waals surface area contributed by atoms with E-state index < -0.39 is 37.2 Å². The molecule has 1 unspecified atom stereocenters. The van der Waals surface area contributed by atoms with Crippen LogP contribution in [-0.4, -0.2) is 69.9 Å². The highest BCUT2D eigenvalue weighted by Gasteiger charge is 2.45. The number of rotatable bonds is 31. The van der Waals surface area contributed by atoms with Gasteiger partial charge in [0.25, 0.3) is 0 Å². The van der Waals surface area contributed by atoms with E-state index in [1.807, 2.05) is 0 Å². The molecular formula is C38H76N2O5. The Morgan fingerprint density at radius 1 is 0.578 bits per heavy atom. The highest BCUT2D eigenvalue weighted by Crippen LogP contribution is 2.24. The van der Waals surface area contributed by atoms with Crippen molar-refractivity contribution in [3.8, 4) is 0 Å². The van der Waals surface area contributed by atoms with Crippen LogP contribution in [0.1, 0.15) is 194 Å². The first-order valence-corrected chi connectivity index (χ1v) is 19.6. The molecule has 0 bridgehead atoms. The lowest BCUT2D eigenvalue weighted by Gasteiger charge is -2.45. The van der Waals surface area contributed by atoms with Gasteiger partial charge in [-0.1, -0.05) is 174 Å². The van der Waals surface area contributed by atoms with Gasteiger partial charge < -0.3 is 30.7 Å². The molecule has 1 fully saturated rings. The van der Waals surface area contributed by atoms with Gasteiger partial charge in [0, 0.05) is 13.0 Å². The quantitative estimate of drug-likeness (QED) is 0.0565. The van der Waals surface area contributed by atoms with Crippen LogP contribution in [0, 0.1) is 0 Å². The van der Waals surface area contributed by atoms with Crippen LogP contribution in [-0.2, 0) is 9.53 Å². The van der Waals surface area contributed by atoms with Gasteiger partial charge in [-0.15, -0.1) is 0 Å². The van der Waals surface area contributed by atoms with Crippen molar-refractivity contribution in [2.24, 2.45) is 5.73 Å². The Morgan fingerprint density at radius 2 is 0.933 bits per heavy atom. The SMILES string of the molecule is CCCCCCCCCCCCCCCCCC(=O)N(CCCCCCCCCCCCCC)C1O[C@H](CO)[C@@H](O)[C@H](O)[C@H]1N. The third kappa shape index (κ3) is 20.3. The number of ether oxygens (including phenoxy) is 1. The Balaban J connectivity index is 2.32. The first-order chi connectivity index (χ1) is 22.0. The largest absolute Gasteiger partial charge is 0.394 e. The molecule has 0 spiro atoms. The maximum Gasteiger partial charge on any atom is 0.224 e. The number of aliphatic hydroxyl groups excluding tert-OH is 3. The summed E-state index contributed by atoms with van der Waals surface area (Å²) in [5.74, 6) is -0.00602. The number of amides is 1. The van der Waals surface area contributed by atoms with E-state index in [4.69, 9.17) is 10.5 Å². The zero-order valence-corrected chi connectivity index (χ0v) is 29.8. The standard InChI is InChI=1S/C38H76N2O5/c1-3-5-7-9-11-13-15-17-18-19-20-22-24-26-28-30-34(42)40(38-35(39)37(44)36(43)33(32-41)45-38)31-29-27-25-23-21-16-14-12-10-8-6-4-2/h33,35-38,41,43-44H,3-32,39H2,1-2H3/t33-,35-,36-,37-,38?/m1/s1. The van der Waals surface area contributed by atoms with Crippen LogP contribution in [0.2, 0.25) is 0 Å². The zero-order chi connectivity index (χ0) is 33.0. The third-order valence-corrected chi connectivity index (χ3v) is 9.82. The molecule has 5 N–H and O–H groups in total. The summed E-state index contributed by atoms with van der Waals surface area (Å²) in [4.78, 5) is 15.1. The summed E-state index contributed by atoms with van der Waals surface area (Å²) in [6, 6.07) is -0.912. The summed E-state index contributed by atoms with van der Waals surface area (Å²) in [6.07, 6.45) is 30.3. The van der Waals surface area contributed by atoms with Crippen molar-refractivity contribution in [2.45, 2.75) is 224 Å². The van der Waals surface area contributed by atoms with Crippen molar-refractivity contribution >= 4 is 5.91 Å². The lowest BCUT2D eigenvalue weighted by atomic mass is 9.95. The molecule has 1 saturated heterocycles. The van der Waals surface area contributed by atoms with Crippen molar-refractivity contribution in [3.63, 3.8) is 0 Å². The number of carbonyl (C=O) groups excluding carboxylic acids is 1. The van der Waals surface area contributed by atoms with Crippen LogP contribution in [0.5, 0.6) is 0 Å². The van der Waals surface area contributed by atoms with E-state index >= 15 is 0 Å². The molecule has 7 heteroatoms. The minimum Gasteiger partial charge on any atom is -0.394 e. The minimum atomic E-state index is -1.26. The number of carbonyl (C=O) groups is 1. The molecule has 7 nitrogen and oxygen atoms in total. The summed E-state index contributed by atoms with van der Waals surface area (Å²) in [5, 5.41) is 30.5. The molecule has 1 aliphatic heterocycles. The van der Waals surface area contributed by atoms with Crippen molar-refractivity contribution < 1.29 is 24.9 Å².